The van der Waals surface area contributed by atoms with Crippen LogP contribution in [-0.2, 0) is 0 Å². The van der Waals surface area contributed by atoms with Crippen molar-refractivity contribution >= 4 is 34.2 Å². The lowest BCUT2D eigenvalue weighted by Crippen LogP contribution is -2.17. The van der Waals surface area contributed by atoms with Crippen LogP contribution in [0.4, 0.5) is 13.2 Å². The standard InChI is InChI=1S/C11H5ClF3IN2O/c12-9-7(16)5-17-10(18-9)6-3-1-2-4-8(6)19-11(13,14)15/h1-5H. The Labute approximate surface area is 124 Å². The maximum absolute atomic E-state index is 12.3. The Balaban J connectivity index is 2.47. The van der Waals surface area contributed by atoms with E-state index >= 15 is 0 Å². The van der Waals surface area contributed by atoms with Crippen LogP contribution in [-0.4, -0.2) is 16.3 Å². The molecule has 0 aliphatic carbocycles. The molecule has 2 rings (SSSR count). The van der Waals surface area contributed by atoms with E-state index in [0.717, 1.165) is 0 Å². The van der Waals surface area contributed by atoms with Gasteiger partial charge in [0.1, 0.15) is 10.9 Å². The van der Waals surface area contributed by atoms with Gasteiger partial charge in [-0.15, -0.1) is 13.2 Å². The number of nitrogens with zero attached hydrogens (tertiary/aromatic N) is 2. The maximum atomic E-state index is 12.3. The second-order valence-corrected chi connectivity index (χ2v) is 4.90. The Kier molecular flexibility index (Phi) is 4.14. The number of benzene rings is 1. The zero-order chi connectivity index (χ0) is 14.0. The van der Waals surface area contributed by atoms with Gasteiger partial charge in [-0.1, -0.05) is 23.7 Å². The first kappa shape index (κ1) is 14.3. The predicted octanol–water partition coefficient (Wildman–Crippen LogP) is 4.30. The third-order valence-corrected chi connectivity index (χ3v) is 3.45. The monoisotopic (exact) mass is 400 g/mol. The topological polar surface area (TPSA) is 35.0 Å². The molecule has 2 aromatic rings. The van der Waals surface area contributed by atoms with Gasteiger partial charge in [-0.05, 0) is 34.7 Å². The Morgan fingerprint density at radius 2 is 1.89 bits per heavy atom. The average Bonchev–Trinajstić information content (AvgIpc) is 2.31. The summed E-state index contributed by atoms with van der Waals surface area (Å²) in [5.74, 6) is -0.294. The van der Waals surface area contributed by atoms with Crippen molar-refractivity contribution in [3.63, 3.8) is 0 Å². The van der Waals surface area contributed by atoms with E-state index in [2.05, 4.69) is 14.7 Å². The number of aromatic nitrogens is 2. The zero-order valence-corrected chi connectivity index (χ0v) is 12.0. The van der Waals surface area contributed by atoms with Crippen molar-refractivity contribution in [3.8, 4) is 17.1 Å². The van der Waals surface area contributed by atoms with Gasteiger partial charge >= 0.3 is 6.36 Å². The summed E-state index contributed by atoms with van der Waals surface area (Å²) in [6.45, 7) is 0. The second kappa shape index (κ2) is 5.49. The highest BCUT2D eigenvalue weighted by atomic mass is 127. The van der Waals surface area contributed by atoms with E-state index in [9.17, 15) is 13.2 Å². The lowest BCUT2D eigenvalue weighted by molar-refractivity contribution is -0.274. The highest BCUT2D eigenvalue weighted by molar-refractivity contribution is 14.1. The molecular formula is C11H5ClF3IN2O. The fourth-order valence-electron chi connectivity index (χ4n) is 1.34. The van der Waals surface area contributed by atoms with E-state index < -0.39 is 6.36 Å². The van der Waals surface area contributed by atoms with Gasteiger partial charge in [0, 0.05) is 6.20 Å². The molecule has 0 bridgehead atoms. The summed E-state index contributed by atoms with van der Waals surface area (Å²) in [7, 11) is 0. The summed E-state index contributed by atoms with van der Waals surface area (Å²) in [5, 5.41) is 0.174. The van der Waals surface area contributed by atoms with Gasteiger partial charge in [-0.25, -0.2) is 9.97 Å². The molecule has 0 aliphatic heterocycles. The van der Waals surface area contributed by atoms with Crippen molar-refractivity contribution in [2.75, 3.05) is 0 Å². The number of para-hydroxylation sites is 1. The predicted molar refractivity (Wildman–Crippen MR) is 71.9 cm³/mol. The van der Waals surface area contributed by atoms with Crippen LogP contribution < -0.4 is 4.74 Å². The molecule has 19 heavy (non-hydrogen) atoms. The summed E-state index contributed by atoms with van der Waals surface area (Å²) in [4.78, 5) is 7.88. The van der Waals surface area contributed by atoms with Gasteiger partial charge in [-0.2, -0.15) is 0 Å². The minimum atomic E-state index is -4.77. The van der Waals surface area contributed by atoms with Crippen molar-refractivity contribution < 1.29 is 17.9 Å². The molecule has 1 aromatic heterocycles. The molecule has 0 aliphatic rings. The van der Waals surface area contributed by atoms with Crippen LogP contribution in [0.1, 0.15) is 0 Å². The smallest absolute Gasteiger partial charge is 0.405 e. The molecule has 0 radical (unpaired) electrons. The van der Waals surface area contributed by atoms with E-state index in [1.54, 1.807) is 6.07 Å². The van der Waals surface area contributed by atoms with E-state index in [4.69, 9.17) is 11.6 Å². The van der Waals surface area contributed by atoms with E-state index in [1.165, 1.54) is 24.4 Å². The molecule has 100 valence electrons. The highest BCUT2D eigenvalue weighted by Crippen LogP contribution is 2.32. The van der Waals surface area contributed by atoms with E-state index in [0.29, 0.717) is 3.57 Å². The van der Waals surface area contributed by atoms with Crippen LogP contribution in [0, 0.1) is 3.57 Å². The number of halogens is 5. The van der Waals surface area contributed by atoms with E-state index in [-0.39, 0.29) is 22.3 Å². The van der Waals surface area contributed by atoms with Gasteiger partial charge in [0.15, 0.2) is 5.82 Å². The van der Waals surface area contributed by atoms with Gasteiger partial charge in [0.2, 0.25) is 0 Å². The summed E-state index contributed by atoms with van der Waals surface area (Å²) in [5.41, 5.74) is 0.123. The molecule has 0 amide bonds. The molecule has 1 heterocycles. The molecule has 0 saturated heterocycles. The van der Waals surface area contributed by atoms with Crippen LogP contribution in [0.3, 0.4) is 0 Å². The van der Waals surface area contributed by atoms with Crippen molar-refractivity contribution in [3.05, 3.63) is 39.2 Å². The average molecular weight is 401 g/mol. The fraction of sp³-hybridized carbons (Fsp3) is 0.0909. The normalized spacial score (nSPS) is 11.4. The fourth-order valence-corrected chi connectivity index (χ4v) is 1.73. The third kappa shape index (κ3) is 3.69. The largest absolute Gasteiger partial charge is 0.573 e. The van der Waals surface area contributed by atoms with Gasteiger partial charge < -0.3 is 4.74 Å². The van der Waals surface area contributed by atoms with Crippen LogP contribution in [0.15, 0.2) is 30.5 Å². The summed E-state index contributed by atoms with van der Waals surface area (Å²) < 4.78 is 41.4. The van der Waals surface area contributed by atoms with Crippen LogP contribution >= 0.6 is 34.2 Å². The molecule has 0 atom stereocenters. The Morgan fingerprint density at radius 3 is 2.53 bits per heavy atom. The molecule has 1 aromatic carbocycles. The number of hydrogen-bond acceptors (Lipinski definition) is 3. The number of ether oxygens (including phenoxy) is 1. The molecule has 0 saturated carbocycles. The molecule has 3 nitrogen and oxygen atoms in total. The van der Waals surface area contributed by atoms with Gasteiger partial charge in [-0.3, -0.25) is 0 Å². The first-order chi connectivity index (χ1) is 8.87. The minimum Gasteiger partial charge on any atom is -0.405 e. The van der Waals surface area contributed by atoms with Crippen molar-refractivity contribution in [2.24, 2.45) is 0 Å². The summed E-state index contributed by atoms with van der Waals surface area (Å²) in [6, 6.07) is 5.62. The number of hydrogen-bond donors (Lipinski definition) is 0. The van der Waals surface area contributed by atoms with Crippen LogP contribution in [0.5, 0.6) is 5.75 Å². The molecule has 8 heteroatoms. The minimum absolute atomic E-state index is 0.0743. The number of alkyl halides is 3. The van der Waals surface area contributed by atoms with Crippen LogP contribution in [0.25, 0.3) is 11.4 Å². The highest BCUT2D eigenvalue weighted by Gasteiger charge is 2.32. The van der Waals surface area contributed by atoms with Gasteiger partial charge in [0.25, 0.3) is 0 Å². The quantitative estimate of drug-likeness (QED) is 0.557. The van der Waals surface area contributed by atoms with Crippen molar-refractivity contribution in [1.29, 1.82) is 0 Å². The van der Waals surface area contributed by atoms with E-state index in [1.807, 2.05) is 22.6 Å². The van der Waals surface area contributed by atoms with Crippen LogP contribution in [0.2, 0.25) is 5.15 Å². The first-order valence-electron chi connectivity index (χ1n) is 4.90. The third-order valence-electron chi connectivity index (χ3n) is 2.05. The lowest BCUT2D eigenvalue weighted by Gasteiger charge is -2.12. The lowest BCUT2D eigenvalue weighted by atomic mass is 10.2. The molecular weight excluding hydrogens is 395 g/mol. The second-order valence-electron chi connectivity index (χ2n) is 3.38. The van der Waals surface area contributed by atoms with Gasteiger partial charge in [0.05, 0.1) is 9.13 Å². The maximum Gasteiger partial charge on any atom is 0.573 e. The summed E-state index contributed by atoms with van der Waals surface area (Å²) >= 11 is 7.75. The van der Waals surface area contributed by atoms with Crippen molar-refractivity contribution in [2.45, 2.75) is 6.36 Å². The molecule has 0 N–H and O–H groups in total. The van der Waals surface area contributed by atoms with Crippen molar-refractivity contribution in [1.82, 2.24) is 9.97 Å². The first-order valence-corrected chi connectivity index (χ1v) is 6.35. The summed E-state index contributed by atoms with van der Waals surface area (Å²) in [6.07, 6.45) is -3.35. The Bertz CT molecular complexity index is 607. The molecule has 0 spiro atoms. The Hall–Kier alpha value is -1.09. The molecule has 0 fully saturated rings. The number of rotatable bonds is 2. The molecule has 0 unspecified atom stereocenters. The SMILES string of the molecule is FC(F)(F)Oc1ccccc1-c1ncc(I)c(Cl)n1. The Morgan fingerprint density at radius 1 is 1.21 bits per heavy atom. The zero-order valence-electron chi connectivity index (χ0n) is 9.08.